The van der Waals surface area contributed by atoms with Crippen molar-refractivity contribution in [2.24, 2.45) is 0 Å². The average Bonchev–Trinajstić information content (AvgIpc) is 2.79. The highest BCUT2D eigenvalue weighted by Gasteiger charge is 2.21. The molecule has 5 nitrogen and oxygen atoms in total. The molecule has 0 saturated heterocycles. The normalized spacial score (nSPS) is 11.7. The predicted molar refractivity (Wildman–Crippen MR) is 130 cm³/mol. The number of benzene rings is 3. The summed E-state index contributed by atoms with van der Waals surface area (Å²) in [6, 6.07) is 16.7. The van der Waals surface area contributed by atoms with Gasteiger partial charge in [0.05, 0.1) is 12.0 Å². The van der Waals surface area contributed by atoms with Crippen LogP contribution in [0.15, 0.2) is 64.4 Å². The molecule has 0 bridgehead atoms. The molecule has 0 aromatic heterocycles. The number of hydrogen-bond donors (Lipinski definition) is 0. The number of hydrogen-bond acceptors (Lipinski definition) is 5. The molecule has 33 heavy (non-hydrogen) atoms. The van der Waals surface area contributed by atoms with Crippen LogP contribution in [0.3, 0.4) is 0 Å². The Kier molecular flexibility index (Phi) is 7.47. The second-order valence-electron chi connectivity index (χ2n) is 7.64. The number of rotatable bonds is 7. The van der Waals surface area contributed by atoms with Crippen LogP contribution in [0, 0.1) is 32.1 Å². The van der Waals surface area contributed by atoms with Gasteiger partial charge in [-0.15, -0.1) is 0 Å². The topological polar surface area (TPSA) is 76.4 Å². The molecule has 0 radical (unpaired) electrons. The van der Waals surface area contributed by atoms with Crippen molar-refractivity contribution in [3.8, 4) is 17.6 Å². The SMILES string of the molecule is COc1cc(C=C(C#N)S(=O)(=O)c2ccc(Cl)cc2)ccc1OCc1cc(C)c(C)cc1C. The highest BCUT2D eigenvalue weighted by molar-refractivity contribution is 7.95. The summed E-state index contributed by atoms with van der Waals surface area (Å²) in [5.74, 6) is 0.956. The van der Waals surface area contributed by atoms with E-state index in [-0.39, 0.29) is 9.80 Å². The fourth-order valence-electron chi connectivity index (χ4n) is 3.29. The third-order valence-corrected chi connectivity index (χ3v) is 7.28. The van der Waals surface area contributed by atoms with Crippen LogP contribution >= 0.6 is 11.6 Å². The van der Waals surface area contributed by atoms with Crippen LogP contribution in [0.4, 0.5) is 0 Å². The molecule has 0 spiro atoms. The first kappa shape index (κ1) is 24.4. The third-order valence-electron chi connectivity index (χ3n) is 5.34. The minimum Gasteiger partial charge on any atom is -0.493 e. The number of halogens is 1. The molecule has 0 aliphatic heterocycles. The molecule has 0 heterocycles. The number of allylic oxidation sites excluding steroid dienone is 1. The third kappa shape index (κ3) is 5.57. The van der Waals surface area contributed by atoms with Crippen LogP contribution in [0.5, 0.6) is 11.5 Å². The van der Waals surface area contributed by atoms with E-state index in [0.717, 1.165) is 11.1 Å². The Hall–Kier alpha value is -3.27. The molecule has 170 valence electrons. The van der Waals surface area contributed by atoms with Gasteiger partial charge >= 0.3 is 0 Å². The van der Waals surface area contributed by atoms with Gasteiger partial charge in [-0.25, -0.2) is 8.42 Å². The predicted octanol–water partition coefficient (Wildman–Crippen LogP) is 6.19. The molecular formula is C26H24ClNO4S. The van der Waals surface area contributed by atoms with Gasteiger partial charge in [0.15, 0.2) is 11.5 Å². The Morgan fingerprint density at radius 1 is 0.970 bits per heavy atom. The average molecular weight is 482 g/mol. The number of aryl methyl sites for hydroxylation is 3. The molecule has 0 amide bonds. The Bertz CT molecular complexity index is 1350. The van der Waals surface area contributed by atoms with Gasteiger partial charge in [-0.1, -0.05) is 29.8 Å². The second kappa shape index (κ2) is 10.1. The second-order valence-corrected chi connectivity index (χ2v) is 9.99. The maximum Gasteiger partial charge on any atom is 0.216 e. The van der Waals surface area contributed by atoms with Gasteiger partial charge in [-0.3, -0.25) is 0 Å². The lowest BCUT2D eigenvalue weighted by Gasteiger charge is -2.14. The van der Waals surface area contributed by atoms with Crippen molar-refractivity contribution < 1.29 is 17.9 Å². The molecule has 0 fully saturated rings. The van der Waals surface area contributed by atoms with Crippen LogP contribution in [-0.2, 0) is 16.4 Å². The van der Waals surface area contributed by atoms with E-state index in [0.29, 0.717) is 28.7 Å². The summed E-state index contributed by atoms with van der Waals surface area (Å²) in [6.45, 7) is 6.55. The maximum absolute atomic E-state index is 12.9. The van der Waals surface area contributed by atoms with E-state index < -0.39 is 9.84 Å². The molecule has 7 heteroatoms. The van der Waals surface area contributed by atoms with Crippen molar-refractivity contribution in [3.05, 3.63) is 92.3 Å². The van der Waals surface area contributed by atoms with Crippen LogP contribution < -0.4 is 9.47 Å². The Balaban J connectivity index is 1.88. The molecule has 0 aliphatic rings. The number of methoxy groups -OCH3 is 1. The lowest BCUT2D eigenvalue weighted by molar-refractivity contribution is 0.284. The van der Waals surface area contributed by atoms with E-state index >= 15 is 0 Å². The van der Waals surface area contributed by atoms with Gasteiger partial charge < -0.3 is 9.47 Å². The summed E-state index contributed by atoms with van der Waals surface area (Å²) in [6.07, 6.45) is 1.31. The molecule has 0 atom stereocenters. The lowest BCUT2D eigenvalue weighted by Crippen LogP contribution is -2.03. The van der Waals surface area contributed by atoms with E-state index in [1.54, 1.807) is 24.3 Å². The van der Waals surface area contributed by atoms with Gasteiger partial charge in [0.25, 0.3) is 0 Å². The zero-order chi connectivity index (χ0) is 24.2. The van der Waals surface area contributed by atoms with Gasteiger partial charge in [0.1, 0.15) is 17.6 Å². The van der Waals surface area contributed by atoms with Gasteiger partial charge in [0, 0.05) is 5.02 Å². The molecule has 0 saturated carbocycles. The van der Waals surface area contributed by atoms with Gasteiger partial charge in [-0.05, 0) is 91.1 Å². The van der Waals surface area contributed by atoms with Crippen molar-refractivity contribution in [2.75, 3.05) is 7.11 Å². The monoisotopic (exact) mass is 481 g/mol. The van der Waals surface area contributed by atoms with Crippen molar-refractivity contribution in [1.82, 2.24) is 0 Å². The molecule has 0 aliphatic carbocycles. The zero-order valence-electron chi connectivity index (χ0n) is 18.8. The Labute approximate surface area is 199 Å². The van der Waals surface area contributed by atoms with Crippen molar-refractivity contribution >= 4 is 27.5 Å². The smallest absolute Gasteiger partial charge is 0.216 e. The Morgan fingerprint density at radius 2 is 1.64 bits per heavy atom. The summed E-state index contributed by atoms with van der Waals surface area (Å²) < 4.78 is 37.1. The number of nitrogens with zero attached hydrogens (tertiary/aromatic N) is 1. The summed E-state index contributed by atoms with van der Waals surface area (Å²) in [7, 11) is -2.48. The zero-order valence-corrected chi connectivity index (χ0v) is 20.4. The Morgan fingerprint density at radius 3 is 2.27 bits per heavy atom. The first-order chi connectivity index (χ1) is 15.6. The number of ether oxygens (including phenoxy) is 2. The molecule has 3 aromatic carbocycles. The van der Waals surface area contributed by atoms with E-state index in [2.05, 4.69) is 26.0 Å². The number of sulfone groups is 1. The summed E-state index contributed by atoms with van der Waals surface area (Å²) in [5, 5.41) is 9.93. The summed E-state index contributed by atoms with van der Waals surface area (Å²) >= 11 is 5.84. The standard InChI is InChI=1S/C26H24ClNO4S/c1-17-11-19(3)21(12-18(17)2)16-32-25-10-5-20(14-26(25)31-4)13-24(15-28)33(29,30)23-8-6-22(27)7-9-23/h5-14H,16H2,1-4H3. The maximum atomic E-state index is 12.9. The van der Waals surface area contributed by atoms with Crippen LogP contribution in [0.25, 0.3) is 6.08 Å². The highest BCUT2D eigenvalue weighted by atomic mass is 35.5. The summed E-state index contributed by atoms with van der Waals surface area (Å²) in [4.78, 5) is -0.387. The largest absolute Gasteiger partial charge is 0.493 e. The van der Waals surface area contributed by atoms with Crippen molar-refractivity contribution in [1.29, 1.82) is 5.26 Å². The molecular weight excluding hydrogens is 458 g/mol. The quantitative estimate of drug-likeness (QED) is 0.376. The van der Waals surface area contributed by atoms with E-state index in [1.165, 1.54) is 48.6 Å². The van der Waals surface area contributed by atoms with E-state index in [1.807, 2.05) is 6.92 Å². The van der Waals surface area contributed by atoms with Crippen molar-refractivity contribution in [2.45, 2.75) is 32.3 Å². The molecule has 0 N–H and O–H groups in total. The minimum absolute atomic E-state index is 0.00428. The summed E-state index contributed by atoms with van der Waals surface area (Å²) in [5.41, 5.74) is 5.13. The molecule has 0 unspecified atom stereocenters. The van der Waals surface area contributed by atoms with E-state index in [9.17, 15) is 13.7 Å². The fraction of sp³-hybridized carbons (Fsp3) is 0.192. The van der Waals surface area contributed by atoms with Crippen LogP contribution in [0.1, 0.15) is 27.8 Å². The fourth-order valence-corrected chi connectivity index (χ4v) is 4.57. The van der Waals surface area contributed by atoms with E-state index in [4.69, 9.17) is 21.1 Å². The van der Waals surface area contributed by atoms with Crippen LogP contribution in [-0.4, -0.2) is 15.5 Å². The number of nitriles is 1. The minimum atomic E-state index is -3.99. The van der Waals surface area contributed by atoms with Gasteiger partial charge in [0.2, 0.25) is 9.84 Å². The van der Waals surface area contributed by atoms with Crippen LogP contribution in [0.2, 0.25) is 5.02 Å². The molecule has 3 aromatic rings. The first-order valence-corrected chi connectivity index (χ1v) is 12.0. The van der Waals surface area contributed by atoms with Gasteiger partial charge in [-0.2, -0.15) is 5.26 Å². The van der Waals surface area contributed by atoms with Crippen molar-refractivity contribution in [3.63, 3.8) is 0 Å². The highest BCUT2D eigenvalue weighted by Crippen LogP contribution is 2.31. The first-order valence-electron chi connectivity index (χ1n) is 10.2. The molecule has 3 rings (SSSR count). The lowest BCUT2D eigenvalue weighted by atomic mass is 10.0.